The third-order valence-corrected chi connectivity index (χ3v) is 5.34. The largest absolute Gasteiger partial charge is 0.481 e. The van der Waals surface area contributed by atoms with Crippen LogP contribution in [0.15, 0.2) is 54.0 Å². The average molecular weight is 438 g/mol. The van der Waals surface area contributed by atoms with E-state index in [0.717, 1.165) is 0 Å². The Labute approximate surface area is 182 Å². The van der Waals surface area contributed by atoms with Crippen molar-refractivity contribution in [1.29, 1.82) is 0 Å². The van der Waals surface area contributed by atoms with Crippen LogP contribution >= 0.6 is 11.3 Å². The number of aromatic nitrogens is 4. The number of ether oxygens (including phenoxy) is 1. The van der Waals surface area contributed by atoms with Gasteiger partial charge in [-0.2, -0.15) is 5.10 Å². The predicted octanol–water partition coefficient (Wildman–Crippen LogP) is 5.05. The van der Waals surface area contributed by atoms with Crippen LogP contribution < -0.4 is 10.1 Å². The van der Waals surface area contributed by atoms with E-state index in [9.17, 15) is 9.18 Å². The van der Waals surface area contributed by atoms with Crippen LogP contribution in [0.4, 0.5) is 9.52 Å². The summed E-state index contributed by atoms with van der Waals surface area (Å²) >= 11 is 1.27. The molecule has 0 atom stereocenters. The standard InChI is InChI=1S/C22H20FN5O2S/c1-13(2)28-20(14-7-4-5-8-16(14)23)15(11-24-28)21(29)27-22-26-18(12-31-22)17-9-6-10-19(25-17)30-3/h4-13H,1-3H3,(H,26,27,29). The van der Waals surface area contributed by atoms with Crippen molar-refractivity contribution in [1.82, 2.24) is 19.7 Å². The number of pyridine rings is 1. The summed E-state index contributed by atoms with van der Waals surface area (Å²) in [6.07, 6.45) is 1.45. The van der Waals surface area contributed by atoms with E-state index < -0.39 is 11.7 Å². The molecular formula is C22H20FN5O2S. The topological polar surface area (TPSA) is 81.9 Å². The average Bonchev–Trinajstić information content (AvgIpc) is 3.41. The van der Waals surface area contributed by atoms with Gasteiger partial charge in [-0.1, -0.05) is 18.2 Å². The Morgan fingerprint density at radius 1 is 1.13 bits per heavy atom. The highest BCUT2D eigenvalue weighted by Crippen LogP contribution is 2.30. The smallest absolute Gasteiger partial charge is 0.261 e. The summed E-state index contributed by atoms with van der Waals surface area (Å²) in [6.45, 7) is 3.85. The van der Waals surface area contributed by atoms with Crippen LogP contribution in [0.5, 0.6) is 5.88 Å². The SMILES string of the molecule is COc1cccc(-c2csc(NC(=O)c3cnn(C(C)C)c3-c3ccccc3F)n2)n1. The maximum Gasteiger partial charge on any atom is 0.261 e. The van der Waals surface area contributed by atoms with Crippen molar-refractivity contribution >= 4 is 22.4 Å². The minimum atomic E-state index is -0.417. The third-order valence-electron chi connectivity index (χ3n) is 4.58. The molecule has 0 bridgehead atoms. The van der Waals surface area contributed by atoms with Gasteiger partial charge in [0.2, 0.25) is 5.88 Å². The molecular weight excluding hydrogens is 417 g/mol. The Bertz CT molecular complexity index is 1230. The summed E-state index contributed by atoms with van der Waals surface area (Å²) in [5.74, 6) is -0.351. The number of nitrogens with one attached hydrogen (secondary N) is 1. The fourth-order valence-electron chi connectivity index (χ4n) is 3.13. The summed E-state index contributed by atoms with van der Waals surface area (Å²) in [5.41, 5.74) is 2.27. The van der Waals surface area contributed by atoms with E-state index in [1.54, 1.807) is 41.4 Å². The van der Waals surface area contributed by atoms with Crippen molar-refractivity contribution in [3.63, 3.8) is 0 Å². The lowest BCUT2D eigenvalue weighted by Crippen LogP contribution is -2.14. The van der Waals surface area contributed by atoms with Crippen LogP contribution in [0.2, 0.25) is 0 Å². The summed E-state index contributed by atoms with van der Waals surface area (Å²) in [7, 11) is 1.54. The van der Waals surface area contributed by atoms with Crippen molar-refractivity contribution in [2.24, 2.45) is 0 Å². The van der Waals surface area contributed by atoms with Crippen LogP contribution in [0.1, 0.15) is 30.2 Å². The monoisotopic (exact) mass is 437 g/mol. The van der Waals surface area contributed by atoms with Gasteiger partial charge in [0.05, 0.1) is 30.3 Å². The molecule has 3 heterocycles. The van der Waals surface area contributed by atoms with Crippen LogP contribution in [0.25, 0.3) is 22.6 Å². The molecule has 4 rings (SSSR count). The maximum absolute atomic E-state index is 14.5. The lowest BCUT2D eigenvalue weighted by molar-refractivity contribution is 0.102. The van der Waals surface area contributed by atoms with Gasteiger partial charge in [0, 0.05) is 23.1 Å². The van der Waals surface area contributed by atoms with Crippen LogP contribution in [0, 0.1) is 5.82 Å². The zero-order valence-electron chi connectivity index (χ0n) is 17.2. The Kier molecular flexibility index (Phi) is 5.77. The molecule has 0 unspecified atom stereocenters. The van der Waals surface area contributed by atoms with Gasteiger partial charge >= 0.3 is 0 Å². The molecule has 0 spiro atoms. The van der Waals surface area contributed by atoms with Crippen molar-refractivity contribution in [3.05, 3.63) is 65.4 Å². The molecule has 7 nitrogen and oxygen atoms in total. The highest BCUT2D eigenvalue weighted by atomic mass is 32.1. The minimum absolute atomic E-state index is 0.0539. The molecule has 1 amide bonds. The van der Waals surface area contributed by atoms with E-state index in [1.807, 2.05) is 26.0 Å². The van der Waals surface area contributed by atoms with Gasteiger partial charge in [0.15, 0.2) is 5.13 Å². The number of rotatable bonds is 6. The summed E-state index contributed by atoms with van der Waals surface area (Å²) in [5, 5.41) is 9.31. The lowest BCUT2D eigenvalue weighted by atomic mass is 10.1. The molecule has 0 aliphatic carbocycles. The summed E-state index contributed by atoms with van der Waals surface area (Å²) < 4.78 is 21.3. The van der Waals surface area contributed by atoms with Gasteiger partial charge in [-0.15, -0.1) is 11.3 Å². The molecule has 0 radical (unpaired) electrons. The molecule has 0 saturated carbocycles. The van der Waals surface area contributed by atoms with Crippen molar-refractivity contribution in [3.8, 4) is 28.5 Å². The number of nitrogens with zero attached hydrogens (tertiary/aromatic N) is 4. The number of hydrogen-bond donors (Lipinski definition) is 1. The van der Waals surface area contributed by atoms with Crippen molar-refractivity contribution < 1.29 is 13.9 Å². The van der Waals surface area contributed by atoms with E-state index >= 15 is 0 Å². The number of methoxy groups -OCH3 is 1. The fourth-order valence-corrected chi connectivity index (χ4v) is 3.83. The summed E-state index contributed by atoms with van der Waals surface area (Å²) in [6, 6.07) is 11.7. The second-order valence-corrected chi connectivity index (χ2v) is 7.84. The van der Waals surface area contributed by atoms with Gasteiger partial charge in [0.1, 0.15) is 11.5 Å². The van der Waals surface area contributed by atoms with E-state index in [-0.39, 0.29) is 11.6 Å². The Morgan fingerprint density at radius 2 is 1.94 bits per heavy atom. The minimum Gasteiger partial charge on any atom is -0.481 e. The maximum atomic E-state index is 14.5. The quantitative estimate of drug-likeness (QED) is 0.456. The molecule has 0 saturated heterocycles. The lowest BCUT2D eigenvalue weighted by Gasteiger charge is -2.13. The molecule has 31 heavy (non-hydrogen) atoms. The Morgan fingerprint density at radius 3 is 2.68 bits per heavy atom. The zero-order chi connectivity index (χ0) is 22.0. The number of carbonyl (C=O) groups is 1. The number of anilines is 1. The second kappa shape index (κ2) is 8.65. The van der Waals surface area contributed by atoms with Crippen LogP contribution in [-0.4, -0.2) is 32.8 Å². The first-order valence-corrected chi connectivity index (χ1v) is 10.5. The molecule has 1 N–H and O–H groups in total. The van der Waals surface area contributed by atoms with Gasteiger partial charge in [-0.25, -0.2) is 14.4 Å². The Balaban J connectivity index is 1.64. The van der Waals surface area contributed by atoms with Crippen molar-refractivity contribution in [2.45, 2.75) is 19.9 Å². The van der Waals surface area contributed by atoms with Gasteiger partial charge in [-0.05, 0) is 32.0 Å². The Hall–Kier alpha value is -3.59. The molecule has 0 fully saturated rings. The number of thiazole rings is 1. The highest BCUT2D eigenvalue weighted by molar-refractivity contribution is 7.14. The molecule has 0 aliphatic rings. The molecule has 0 aliphatic heterocycles. The first-order valence-electron chi connectivity index (χ1n) is 9.58. The zero-order valence-corrected chi connectivity index (χ0v) is 18.0. The summed E-state index contributed by atoms with van der Waals surface area (Å²) in [4.78, 5) is 21.8. The van der Waals surface area contributed by atoms with E-state index in [4.69, 9.17) is 4.74 Å². The number of halogens is 1. The molecule has 9 heteroatoms. The third kappa shape index (κ3) is 4.17. The van der Waals surface area contributed by atoms with Crippen LogP contribution in [0.3, 0.4) is 0 Å². The second-order valence-electron chi connectivity index (χ2n) is 6.98. The number of benzene rings is 1. The van der Waals surface area contributed by atoms with Gasteiger partial charge in [0.25, 0.3) is 5.91 Å². The first kappa shape index (κ1) is 20.7. The number of amides is 1. The predicted molar refractivity (Wildman–Crippen MR) is 118 cm³/mol. The number of hydrogen-bond acceptors (Lipinski definition) is 6. The highest BCUT2D eigenvalue weighted by Gasteiger charge is 2.23. The number of carbonyl (C=O) groups excluding carboxylic acids is 1. The van der Waals surface area contributed by atoms with E-state index in [0.29, 0.717) is 33.7 Å². The van der Waals surface area contributed by atoms with Crippen molar-refractivity contribution in [2.75, 3.05) is 12.4 Å². The van der Waals surface area contributed by atoms with E-state index in [2.05, 4.69) is 20.4 Å². The van der Waals surface area contributed by atoms with Gasteiger partial charge in [-0.3, -0.25) is 14.8 Å². The normalized spacial score (nSPS) is 11.0. The van der Waals surface area contributed by atoms with Gasteiger partial charge < -0.3 is 4.74 Å². The molecule has 1 aromatic carbocycles. The molecule has 4 aromatic rings. The molecule has 3 aromatic heterocycles. The van der Waals surface area contributed by atoms with Crippen LogP contribution in [-0.2, 0) is 0 Å². The molecule has 158 valence electrons. The van der Waals surface area contributed by atoms with E-state index in [1.165, 1.54) is 23.6 Å². The first-order chi connectivity index (χ1) is 15.0. The fraction of sp³-hybridized carbons (Fsp3) is 0.182.